The van der Waals surface area contributed by atoms with Gasteiger partial charge in [0.1, 0.15) is 0 Å². The number of hydrogen-bond donors (Lipinski definition) is 2. The summed E-state index contributed by atoms with van der Waals surface area (Å²) in [7, 11) is 0. The van der Waals surface area contributed by atoms with Crippen LogP contribution in [0, 0.1) is 17.8 Å². The van der Waals surface area contributed by atoms with E-state index in [1.165, 1.54) is 19.3 Å². The Balaban J connectivity index is 1.31. The van der Waals surface area contributed by atoms with E-state index in [0.717, 1.165) is 49.9 Å². The van der Waals surface area contributed by atoms with Crippen molar-refractivity contribution in [1.82, 2.24) is 15.0 Å². The van der Waals surface area contributed by atoms with E-state index in [9.17, 15) is 13.2 Å². The molecule has 5 rings (SSSR count). The molecule has 0 unspecified atom stereocenters. The maximum atomic E-state index is 12.5. The van der Waals surface area contributed by atoms with Crippen molar-refractivity contribution >= 4 is 11.9 Å². The van der Waals surface area contributed by atoms with Gasteiger partial charge in [-0.25, -0.2) is 0 Å². The average molecular weight is 444 g/mol. The first-order valence-electron chi connectivity index (χ1n) is 11.4. The van der Waals surface area contributed by atoms with Gasteiger partial charge < -0.3 is 20.1 Å². The molecule has 0 saturated heterocycles. The molecule has 10 heteroatoms. The molecule has 4 aliphatic rings. The van der Waals surface area contributed by atoms with Crippen LogP contribution in [-0.4, -0.2) is 53.0 Å². The van der Waals surface area contributed by atoms with Crippen molar-refractivity contribution in [3.05, 3.63) is 0 Å². The molecule has 0 aromatic carbocycles. The molecule has 0 atom stereocenters. The highest BCUT2D eigenvalue weighted by molar-refractivity contribution is 5.35. The van der Waals surface area contributed by atoms with Crippen LogP contribution in [0.5, 0.6) is 6.01 Å². The lowest BCUT2D eigenvalue weighted by Crippen LogP contribution is -2.52. The van der Waals surface area contributed by atoms with Gasteiger partial charge in [0.25, 0.3) is 0 Å². The summed E-state index contributed by atoms with van der Waals surface area (Å²) in [5, 5.41) is 6.07. The molecule has 0 amide bonds. The maximum absolute atomic E-state index is 12.5. The fourth-order valence-corrected chi connectivity index (χ4v) is 5.74. The minimum absolute atomic E-state index is 0.0172. The molecule has 1 heterocycles. The first-order valence-corrected chi connectivity index (χ1v) is 11.4. The highest BCUT2D eigenvalue weighted by Crippen LogP contribution is 2.57. The number of halogens is 3. The van der Waals surface area contributed by atoms with Gasteiger partial charge >= 0.3 is 12.2 Å². The monoisotopic (exact) mass is 443 g/mol. The Labute approximate surface area is 180 Å². The number of nitrogens with zero attached hydrogens (tertiary/aromatic N) is 3. The van der Waals surface area contributed by atoms with Gasteiger partial charge in [0.05, 0.1) is 12.2 Å². The molecule has 0 radical (unpaired) electrons. The summed E-state index contributed by atoms with van der Waals surface area (Å²) < 4.78 is 48.6. The lowest BCUT2D eigenvalue weighted by atomic mass is 9.54. The third-order valence-corrected chi connectivity index (χ3v) is 6.57. The molecule has 1 aromatic rings. The summed E-state index contributed by atoms with van der Waals surface area (Å²) in [6, 6.07) is -0.351. The number of nitrogens with one attached hydrogen (secondary N) is 2. The zero-order valence-corrected chi connectivity index (χ0v) is 18.0. The fraction of sp³-hybridized carbons (Fsp3) is 0.857. The number of anilines is 2. The fourth-order valence-electron chi connectivity index (χ4n) is 5.74. The molecule has 4 bridgehead atoms. The van der Waals surface area contributed by atoms with Crippen molar-refractivity contribution in [2.24, 2.45) is 17.8 Å². The largest absolute Gasteiger partial charge is 0.454 e. The summed E-state index contributed by atoms with van der Waals surface area (Å²) >= 11 is 0. The average Bonchev–Trinajstić information content (AvgIpc) is 2.68. The van der Waals surface area contributed by atoms with Gasteiger partial charge in [-0.1, -0.05) is 13.3 Å². The van der Waals surface area contributed by atoms with Crippen molar-refractivity contribution in [2.75, 3.05) is 36.9 Å². The minimum atomic E-state index is -4.46. The summed E-state index contributed by atoms with van der Waals surface area (Å²) in [6.45, 7) is 2.20. The van der Waals surface area contributed by atoms with E-state index in [1.54, 1.807) is 0 Å². The first kappa shape index (κ1) is 22.4. The second-order valence-corrected chi connectivity index (χ2v) is 9.33. The van der Waals surface area contributed by atoms with Crippen LogP contribution in [0.4, 0.5) is 25.1 Å². The molecule has 0 spiro atoms. The van der Waals surface area contributed by atoms with E-state index in [4.69, 9.17) is 9.47 Å². The van der Waals surface area contributed by atoms with Gasteiger partial charge in [-0.15, -0.1) is 0 Å². The molecule has 0 aliphatic heterocycles. The van der Waals surface area contributed by atoms with Crippen LogP contribution >= 0.6 is 0 Å². The molecule has 4 aliphatic carbocycles. The second-order valence-electron chi connectivity index (χ2n) is 9.33. The van der Waals surface area contributed by atoms with Gasteiger partial charge in [0.2, 0.25) is 11.9 Å². The Morgan fingerprint density at radius 1 is 0.935 bits per heavy atom. The van der Waals surface area contributed by atoms with Crippen LogP contribution in [-0.2, 0) is 4.74 Å². The normalized spacial score (nSPS) is 29.2. The SMILES string of the molecule is CCCCNc1nc(NCCOC23CC4CC(CC(C4)C2)C3)nc(OCC(F)(F)F)n1. The molecule has 31 heavy (non-hydrogen) atoms. The third-order valence-electron chi connectivity index (χ3n) is 6.57. The van der Waals surface area contributed by atoms with Gasteiger partial charge in [0.15, 0.2) is 6.61 Å². The molecular weight excluding hydrogens is 411 g/mol. The van der Waals surface area contributed by atoms with E-state index in [0.29, 0.717) is 19.7 Å². The number of rotatable bonds is 11. The zero-order valence-electron chi connectivity index (χ0n) is 18.0. The summed E-state index contributed by atoms with van der Waals surface area (Å²) in [6.07, 6.45) is 4.97. The Morgan fingerprint density at radius 2 is 1.52 bits per heavy atom. The maximum Gasteiger partial charge on any atom is 0.422 e. The van der Waals surface area contributed by atoms with Crippen LogP contribution in [0.1, 0.15) is 58.3 Å². The predicted molar refractivity (Wildman–Crippen MR) is 110 cm³/mol. The molecule has 1 aromatic heterocycles. The third kappa shape index (κ3) is 6.11. The number of ether oxygens (including phenoxy) is 2. The smallest absolute Gasteiger partial charge is 0.422 e. The van der Waals surface area contributed by atoms with Crippen LogP contribution in [0.3, 0.4) is 0 Å². The van der Waals surface area contributed by atoms with Crippen LogP contribution in [0.25, 0.3) is 0 Å². The highest BCUT2D eigenvalue weighted by Gasteiger charge is 2.51. The van der Waals surface area contributed by atoms with Crippen LogP contribution in [0.15, 0.2) is 0 Å². The van der Waals surface area contributed by atoms with E-state index < -0.39 is 12.8 Å². The van der Waals surface area contributed by atoms with Gasteiger partial charge in [-0.2, -0.15) is 28.1 Å². The molecule has 174 valence electrons. The van der Waals surface area contributed by atoms with Crippen molar-refractivity contribution in [3.63, 3.8) is 0 Å². The topological polar surface area (TPSA) is 81.2 Å². The van der Waals surface area contributed by atoms with Gasteiger partial charge in [0, 0.05) is 13.1 Å². The van der Waals surface area contributed by atoms with E-state index in [-0.39, 0.29) is 23.5 Å². The Kier molecular flexibility index (Phi) is 6.74. The predicted octanol–water partition coefficient (Wildman–Crippen LogP) is 4.42. The van der Waals surface area contributed by atoms with E-state index in [1.807, 2.05) is 6.92 Å². The van der Waals surface area contributed by atoms with Crippen LogP contribution in [0.2, 0.25) is 0 Å². The quantitative estimate of drug-likeness (QED) is 0.490. The minimum Gasteiger partial charge on any atom is -0.454 e. The Bertz CT molecular complexity index is 711. The summed E-state index contributed by atoms with van der Waals surface area (Å²) in [5.41, 5.74) is 0.0172. The molecule has 2 N–H and O–H groups in total. The second kappa shape index (κ2) is 9.34. The highest BCUT2D eigenvalue weighted by atomic mass is 19.4. The molecule has 4 saturated carbocycles. The van der Waals surface area contributed by atoms with Crippen molar-refractivity contribution in [3.8, 4) is 6.01 Å². The lowest BCUT2D eigenvalue weighted by Gasteiger charge is -2.56. The first-order chi connectivity index (χ1) is 14.8. The number of alkyl halides is 3. The van der Waals surface area contributed by atoms with Crippen LogP contribution < -0.4 is 15.4 Å². The lowest BCUT2D eigenvalue weighted by molar-refractivity contribution is -0.159. The van der Waals surface area contributed by atoms with Crippen molar-refractivity contribution in [1.29, 1.82) is 0 Å². The summed E-state index contributed by atoms with van der Waals surface area (Å²) in [5.74, 6) is 2.82. The van der Waals surface area contributed by atoms with E-state index in [2.05, 4.69) is 25.6 Å². The number of aromatic nitrogens is 3. The summed E-state index contributed by atoms with van der Waals surface area (Å²) in [4.78, 5) is 12.2. The van der Waals surface area contributed by atoms with Gasteiger partial charge in [-0.05, 0) is 62.7 Å². The molecule has 7 nitrogen and oxygen atoms in total. The van der Waals surface area contributed by atoms with Crippen molar-refractivity contribution < 1.29 is 22.6 Å². The van der Waals surface area contributed by atoms with Gasteiger partial charge in [-0.3, -0.25) is 0 Å². The standard InChI is InChI=1S/C21H32F3N5O2/c1-2-3-4-25-17-27-18(29-19(28-17)30-13-21(22,23)24)26-5-6-31-20-10-14-7-15(11-20)9-16(8-14)12-20/h14-16H,2-13H2,1H3,(H2,25,26,27,28,29). The zero-order chi connectivity index (χ0) is 21.9. The number of unbranched alkanes of at least 4 members (excludes halogenated alkanes) is 1. The molecular formula is C21H32F3N5O2. The Morgan fingerprint density at radius 3 is 2.06 bits per heavy atom. The molecule has 4 fully saturated rings. The van der Waals surface area contributed by atoms with E-state index >= 15 is 0 Å². The van der Waals surface area contributed by atoms with Crippen molar-refractivity contribution in [2.45, 2.75) is 70.1 Å². The Hall–Kier alpha value is -1.84. The number of hydrogen-bond acceptors (Lipinski definition) is 7.